The maximum Gasteiger partial charge on any atom is 0.146 e. The Balaban J connectivity index is 2.29. The van der Waals surface area contributed by atoms with Gasteiger partial charge in [0.2, 0.25) is 0 Å². The SMILES string of the molecule is NC(Cc1c(F)cc(F)cc1F)c1ncccc1F. The van der Waals surface area contributed by atoms with Crippen molar-refractivity contribution in [3.63, 3.8) is 0 Å². The Morgan fingerprint density at radius 2 is 1.68 bits per heavy atom. The van der Waals surface area contributed by atoms with Crippen molar-refractivity contribution in [3.8, 4) is 0 Å². The Morgan fingerprint density at radius 3 is 2.26 bits per heavy atom. The Labute approximate surface area is 106 Å². The first-order valence-electron chi connectivity index (χ1n) is 5.48. The molecule has 0 saturated carbocycles. The van der Waals surface area contributed by atoms with E-state index in [4.69, 9.17) is 5.73 Å². The van der Waals surface area contributed by atoms with Crippen LogP contribution in [0.4, 0.5) is 17.6 Å². The minimum absolute atomic E-state index is 0.0920. The zero-order chi connectivity index (χ0) is 14.0. The lowest BCUT2D eigenvalue weighted by Gasteiger charge is -2.13. The van der Waals surface area contributed by atoms with Gasteiger partial charge in [0.1, 0.15) is 23.3 Å². The average molecular weight is 270 g/mol. The van der Waals surface area contributed by atoms with Gasteiger partial charge in [-0.25, -0.2) is 17.6 Å². The van der Waals surface area contributed by atoms with Crippen molar-refractivity contribution in [3.05, 3.63) is 65.0 Å². The van der Waals surface area contributed by atoms with E-state index < -0.39 is 29.3 Å². The van der Waals surface area contributed by atoms with Gasteiger partial charge in [-0.05, 0) is 18.6 Å². The van der Waals surface area contributed by atoms with Crippen molar-refractivity contribution in [2.45, 2.75) is 12.5 Å². The van der Waals surface area contributed by atoms with Crippen molar-refractivity contribution in [2.24, 2.45) is 5.73 Å². The Hall–Kier alpha value is -1.95. The molecule has 0 bridgehead atoms. The number of aromatic nitrogens is 1. The lowest BCUT2D eigenvalue weighted by atomic mass is 10.0. The summed E-state index contributed by atoms with van der Waals surface area (Å²) in [7, 11) is 0. The van der Waals surface area contributed by atoms with Gasteiger partial charge < -0.3 is 5.73 Å². The zero-order valence-electron chi connectivity index (χ0n) is 9.71. The number of nitrogens with two attached hydrogens (primary N) is 1. The third-order valence-electron chi connectivity index (χ3n) is 2.67. The molecule has 0 amide bonds. The second kappa shape index (κ2) is 5.36. The fourth-order valence-corrected chi connectivity index (χ4v) is 1.75. The summed E-state index contributed by atoms with van der Waals surface area (Å²) in [4.78, 5) is 3.73. The molecular formula is C13H10F4N2. The molecule has 0 spiro atoms. The first-order chi connectivity index (χ1) is 8.99. The zero-order valence-corrected chi connectivity index (χ0v) is 9.71. The maximum absolute atomic E-state index is 13.4. The fraction of sp³-hybridized carbons (Fsp3) is 0.154. The van der Waals surface area contributed by atoms with Crippen molar-refractivity contribution in [2.75, 3.05) is 0 Å². The van der Waals surface area contributed by atoms with E-state index in [-0.39, 0.29) is 17.7 Å². The van der Waals surface area contributed by atoms with Gasteiger partial charge in [0.05, 0.1) is 11.7 Å². The fourth-order valence-electron chi connectivity index (χ4n) is 1.75. The molecule has 19 heavy (non-hydrogen) atoms. The third kappa shape index (κ3) is 2.90. The van der Waals surface area contributed by atoms with E-state index in [1.165, 1.54) is 12.3 Å². The van der Waals surface area contributed by atoms with Crippen LogP contribution in [-0.4, -0.2) is 4.98 Å². The first kappa shape index (κ1) is 13.5. The Bertz CT molecular complexity index is 578. The van der Waals surface area contributed by atoms with Crippen LogP contribution in [0.25, 0.3) is 0 Å². The van der Waals surface area contributed by atoms with Gasteiger partial charge in [0.15, 0.2) is 0 Å². The highest BCUT2D eigenvalue weighted by atomic mass is 19.1. The van der Waals surface area contributed by atoms with Gasteiger partial charge >= 0.3 is 0 Å². The summed E-state index contributed by atoms with van der Waals surface area (Å²) in [6.07, 6.45) is 1.02. The summed E-state index contributed by atoms with van der Waals surface area (Å²) in [6, 6.07) is 2.62. The van der Waals surface area contributed by atoms with E-state index in [0.29, 0.717) is 12.1 Å². The van der Waals surface area contributed by atoms with E-state index in [1.54, 1.807) is 0 Å². The van der Waals surface area contributed by atoms with Crippen LogP contribution in [-0.2, 0) is 6.42 Å². The summed E-state index contributed by atoms with van der Waals surface area (Å²) in [5.74, 6) is -3.78. The quantitative estimate of drug-likeness (QED) is 0.871. The number of halogens is 4. The molecular weight excluding hydrogens is 260 g/mol. The summed E-state index contributed by atoms with van der Waals surface area (Å²) >= 11 is 0. The molecule has 1 atom stereocenters. The molecule has 0 aliphatic rings. The monoisotopic (exact) mass is 270 g/mol. The van der Waals surface area contributed by atoms with Gasteiger partial charge in [-0.3, -0.25) is 4.98 Å². The van der Waals surface area contributed by atoms with E-state index in [9.17, 15) is 17.6 Å². The largest absolute Gasteiger partial charge is 0.322 e. The van der Waals surface area contributed by atoms with Crippen LogP contribution in [0.5, 0.6) is 0 Å². The molecule has 1 unspecified atom stereocenters. The molecule has 1 aromatic heterocycles. The molecule has 0 radical (unpaired) electrons. The lowest BCUT2D eigenvalue weighted by Crippen LogP contribution is -2.18. The minimum atomic E-state index is -1.05. The van der Waals surface area contributed by atoms with Crippen LogP contribution in [0.2, 0.25) is 0 Å². The van der Waals surface area contributed by atoms with Crippen molar-refractivity contribution in [1.29, 1.82) is 0 Å². The molecule has 6 heteroatoms. The topological polar surface area (TPSA) is 38.9 Å². The molecule has 2 nitrogen and oxygen atoms in total. The van der Waals surface area contributed by atoms with Gasteiger partial charge in [-0.1, -0.05) is 0 Å². The van der Waals surface area contributed by atoms with Gasteiger partial charge in [-0.2, -0.15) is 0 Å². The van der Waals surface area contributed by atoms with Crippen LogP contribution in [0.1, 0.15) is 17.3 Å². The van der Waals surface area contributed by atoms with E-state index in [0.717, 1.165) is 6.07 Å². The van der Waals surface area contributed by atoms with Gasteiger partial charge in [0, 0.05) is 23.9 Å². The van der Waals surface area contributed by atoms with Crippen LogP contribution in [0, 0.1) is 23.3 Å². The van der Waals surface area contributed by atoms with Crippen LogP contribution in [0.3, 0.4) is 0 Å². The highest BCUT2D eigenvalue weighted by Crippen LogP contribution is 2.21. The number of hydrogen-bond acceptors (Lipinski definition) is 2. The number of nitrogens with zero attached hydrogens (tertiary/aromatic N) is 1. The summed E-state index contributed by atoms with van der Waals surface area (Å²) < 4.78 is 53.0. The predicted octanol–water partition coefficient (Wildman–Crippen LogP) is 2.88. The van der Waals surface area contributed by atoms with E-state index >= 15 is 0 Å². The molecule has 2 aromatic rings. The van der Waals surface area contributed by atoms with Gasteiger partial charge in [0.25, 0.3) is 0 Å². The molecule has 100 valence electrons. The maximum atomic E-state index is 13.4. The Morgan fingerprint density at radius 1 is 1.05 bits per heavy atom. The second-order valence-electron chi connectivity index (χ2n) is 4.03. The van der Waals surface area contributed by atoms with E-state index in [2.05, 4.69) is 4.98 Å². The summed E-state index contributed by atoms with van der Waals surface area (Å²) in [5.41, 5.74) is 5.19. The van der Waals surface area contributed by atoms with Crippen LogP contribution in [0.15, 0.2) is 30.5 Å². The van der Waals surface area contributed by atoms with Crippen molar-refractivity contribution >= 4 is 0 Å². The molecule has 1 heterocycles. The number of hydrogen-bond donors (Lipinski definition) is 1. The molecule has 0 saturated heterocycles. The minimum Gasteiger partial charge on any atom is -0.322 e. The van der Waals surface area contributed by atoms with Crippen LogP contribution >= 0.6 is 0 Å². The normalized spacial score (nSPS) is 12.5. The molecule has 2 N–H and O–H groups in total. The molecule has 2 rings (SSSR count). The van der Waals surface area contributed by atoms with Crippen molar-refractivity contribution in [1.82, 2.24) is 4.98 Å². The number of benzene rings is 1. The van der Waals surface area contributed by atoms with Gasteiger partial charge in [-0.15, -0.1) is 0 Å². The molecule has 0 aliphatic carbocycles. The predicted molar refractivity (Wildman–Crippen MR) is 61.1 cm³/mol. The molecule has 0 fully saturated rings. The second-order valence-corrected chi connectivity index (χ2v) is 4.03. The van der Waals surface area contributed by atoms with E-state index in [1.807, 2.05) is 0 Å². The Kier molecular flexibility index (Phi) is 3.80. The van der Waals surface area contributed by atoms with Crippen molar-refractivity contribution < 1.29 is 17.6 Å². The highest BCUT2D eigenvalue weighted by molar-refractivity contribution is 5.24. The molecule has 0 aliphatic heterocycles. The standard InChI is InChI=1S/C13H10F4N2/c14-7-4-10(16)8(11(17)5-7)6-12(18)13-9(15)2-1-3-19-13/h1-5,12H,6,18H2. The summed E-state index contributed by atoms with van der Waals surface area (Å²) in [5, 5.41) is 0. The first-order valence-corrected chi connectivity index (χ1v) is 5.48. The lowest BCUT2D eigenvalue weighted by molar-refractivity contribution is 0.503. The molecule has 1 aromatic carbocycles. The average Bonchev–Trinajstić information content (AvgIpc) is 2.34. The highest BCUT2D eigenvalue weighted by Gasteiger charge is 2.19. The smallest absolute Gasteiger partial charge is 0.146 e. The third-order valence-corrected chi connectivity index (χ3v) is 2.67. The number of rotatable bonds is 3. The summed E-state index contributed by atoms with van der Waals surface area (Å²) in [6.45, 7) is 0. The number of pyridine rings is 1. The van der Waals surface area contributed by atoms with Crippen LogP contribution < -0.4 is 5.73 Å².